The minimum Gasteiger partial charge on any atom is -0.483 e. The number of anilines is 1. The van der Waals surface area contributed by atoms with E-state index in [1.165, 1.54) is 0 Å². The van der Waals surface area contributed by atoms with Gasteiger partial charge in [0.15, 0.2) is 18.1 Å². The number of carbonyl (C=O) groups is 1. The van der Waals surface area contributed by atoms with Crippen LogP contribution < -0.4 is 14.8 Å². The summed E-state index contributed by atoms with van der Waals surface area (Å²) in [6, 6.07) is 14.5. The summed E-state index contributed by atoms with van der Waals surface area (Å²) in [5.74, 6) is 0.987. The van der Waals surface area contributed by atoms with Crippen molar-refractivity contribution in [1.29, 1.82) is 5.26 Å². The van der Waals surface area contributed by atoms with Gasteiger partial charge in [-0.25, -0.2) is 0 Å². The average Bonchev–Trinajstić information content (AvgIpc) is 2.87. The van der Waals surface area contributed by atoms with Crippen LogP contribution in [-0.4, -0.2) is 18.1 Å². The first-order chi connectivity index (χ1) is 11.5. The summed E-state index contributed by atoms with van der Waals surface area (Å²) in [6.45, 7) is 3.91. The maximum atomic E-state index is 12.1. The second kappa shape index (κ2) is 6.25. The molecule has 0 aromatic heterocycles. The lowest BCUT2D eigenvalue weighted by atomic mass is 10.0. The predicted molar refractivity (Wildman–Crippen MR) is 90.1 cm³/mol. The van der Waals surface area contributed by atoms with Crippen LogP contribution in [0.25, 0.3) is 0 Å². The number of nitrogens with zero attached hydrogens (tertiary/aromatic N) is 1. The molecule has 122 valence electrons. The lowest BCUT2D eigenvalue weighted by Gasteiger charge is -2.18. The van der Waals surface area contributed by atoms with E-state index >= 15 is 0 Å². The fourth-order valence-electron chi connectivity index (χ4n) is 2.71. The van der Waals surface area contributed by atoms with Crippen molar-refractivity contribution in [2.75, 3.05) is 11.9 Å². The van der Waals surface area contributed by atoms with E-state index in [1.807, 2.05) is 32.0 Å². The Labute approximate surface area is 140 Å². The monoisotopic (exact) mass is 322 g/mol. The molecule has 0 spiro atoms. The summed E-state index contributed by atoms with van der Waals surface area (Å²) in [5.41, 5.74) is 1.88. The van der Waals surface area contributed by atoms with E-state index in [1.54, 1.807) is 30.3 Å². The number of para-hydroxylation sites is 1. The largest absolute Gasteiger partial charge is 0.483 e. The number of nitriles is 1. The van der Waals surface area contributed by atoms with Crippen LogP contribution in [0.5, 0.6) is 11.5 Å². The lowest BCUT2D eigenvalue weighted by molar-refractivity contribution is -0.118. The Kier molecular flexibility index (Phi) is 4.13. The molecule has 5 nitrogen and oxygen atoms in total. The molecule has 1 heterocycles. The Bertz CT molecular complexity index is 822. The molecule has 0 fully saturated rings. The second-order valence-corrected chi connectivity index (χ2v) is 6.31. The minimum absolute atomic E-state index is 0.128. The van der Waals surface area contributed by atoms with E-state index in [4.69, 9.17) is 14.7 Å². The molecule has 0 radical (unpaired) electrons. The molecule has 0 saturated carbocycles. The molecule has 2 aromatic rings. The van der Waals surface area contributed by atoms with Crippen molar-refractivity contribution in [3.8, 4) is 17.6 Å². The normalized spacial score (nSPS) is 14.2. The number of ether oxygens (including phenoxy) is 2. The van der Waals surface area contributed by atoms with Gasteiger partial charge in [-0.1, -0.05) is 18.2 Å². The standard InChI is InChI=1S/C19H18N2O3/c1-19(2)10-14-6-4-8-16(18(14)24-19)23-12-17(22)21-15-7-3-5-13(9-15)11-20/h3-9H,10,12H2,1-2H3,(H,21,22). The predicted octanol–water partition coefficient (Wildman–Crippen LogP) is 3.29. The van der Waals surface area contributed by atoms with Gasteiger partial charge in [-0.3, -0.25) is 4.79 Å². The summed E-state index contributed by atoms with van der Waals surface area (Å²) in [4.78, 5) is 12.1. The van der Waals surface area contributed by atoms with E-state index in [-0.39, 0.29) is 18.1 Å². The fraction of sp³-hybridized carbons (Fsp3) is 0.263. The van der Waals surface area contributed by atoms with E-state index in [2.05, 4.69) is 5.32 Å². The van der Waals surface area contributed by atoms with Gasteiger partial charge in [0.1, 0.15) is 5.60 Å². The number of hydrogen-bond acceptors (Lipinski definition) is 4. The molecular formula is C19H18N2O3. The highest BCUT2D eigenvalue weighted by atomic mass is 16.5. The molecule has 1 aliphatic heterocycles. The third-order valence-corrected chi connectivity index (χ3v) is 3.69. The highest BCUT2D eigenvalue weighted by molar-refractivity contribution is 5.92. The van der Waals surface area contributed by atoms with Crippen molar-refractivity contribution in [3.05, 3.63) is 53.6 Å². The molecular weight excluding hydrogens is 304 g/mol. The molecule has 0 unspecified atom stereocenters. The van der Waals surface area contributed by atoms with E-state index in [0.29, 0.717) is 22.7 Å². The molecule has 0 bridgehead atoms. The highest BCUT2D eigenvalue weighted by Crippen LogP contribution is 2.41. The van der Waals surface area contributed by atoms with E-state index in [9.17, 15) is 4.79 Å². The van der Waals surface area contributed by atoms with Crippen LogP contribution in [0.15, 0.2) is 42.5 Å². The van der Waals surface area contributed by atoms with E-state index < -0.39 is 0 Å². The number of benzene rings is 2. The lowest BCUT2D eigenvalue weighted by Crippen LogP contribution is -2.25. The first-order valence-electron chi connectivity index (χ1n) is 7.70. The summed E-state index contributed by atoms with van der Waals surface area (Å²) >= 11 is 0. The Morgan fingerprint density at radius 2 is 2.12 bits per heavy atom. The van der Waals surface area contributed by atoms with Crippen molar-refractivity contribution in [2.45, 2.75) is 25.9 Å². The summed E-state index contributed by atoms with van der Waals surface area (Å²) in [5, 5.41) is 11.6. The first-order valence-corrected chi connectivity index (χ1v) is 7.70. The van der Waals surface area contributed by atoms with Crippen LogP contribution in [0, 0.1) is 11.3 Å². The molecule has 0 atom stereocenters. The van der Waals surface area contributed by atoms with Crippen molar-refractivity contribution in [1.82, 2.24) is 0 Å². The SMILES string of the molecule is CC1(C)Cc2cccc(OCC(=O)Nc3cccc(C#N)c3)c2O1. The van der Waals surface area contributed by atoms with Gasteiger partial charge in [0.25, 0.3) is 5.91 Å². The van der Waals surface area contributed by atoms with Gasteiger partial charge in [0, 0.05) is 17.7 Å². The van der Waals surface area contributed by atoms with Crippen LogP contribution >= 0.6 is 0 Å². The van der Waals surface area contributed by atoms with Gasteiger partial charge in [-0.15, -0.1) is 0 Å². The van der Waals surface area contributed by atoms with Gasteiger partial charge >= 0.3 is 0 Å². The summed E-state index contributed by atoms with van der Waals surface area (Å²) in [7, 11) is 0. The van der Waals surface area contributed by atoms with Crippen LogP contribution in [0.2, 0.25) is 0 Å². The Morgan fingerprint density at radius 3 is 2.92 bits per heavy atom. The van der Waals surface area contributed by atoms with Crippen LogP contribution in [0.4, 0.5) is 5.69 Å². The van der Waals surface area contributed by atoms with Gasteiger partial charge in [-0.2, -0.15) is 5.26 Å². The van der Waals surface area contributed by atoms with Crippen molar-refractivity contribution >= 4 is 11.6 Å². The van der Waals surface area contributed by atoms with Gasteiger partial charge in [-0.05, 0) is 38.1 Å². The Balaban J connectivity index is 1.64. The molecule has 1 amide bonds. The third-order valence-electron chi connectivity index (χ3n) is 3.69. The smallest absolute Gasteiger partial charge is 0.262 e. The molecule has 1 aliphatic rings. The number of carbonyl (C=O) groups excluding carboxylic acids is 1. The molecule has 1 N–H and O–H groups in total. The fourth-order valence-corrected chi connectivity index (χ4v) is 2.71. The van der Waals surface area contributed by atoms with Gasteiger partial charge in [0.05, 0.1) is 11.6 Å². The number of hydrogen-bond donors (Lipinski definition) is 1. The molecule has 0 aliphatic carbocycles. The number of fused-ring (bicyclic) bond motifs is 1. The Morgan fingerprint density at radius 1 is 1.33 bits per heavy atom. The van der Waals surface area contributed by atoms with Crippen LogP contribution in [-0.2, 0) is 11.2 Å². The second-order valence-electron chi connectivity index (χ2n) is 6.31. The zero-order valence-corrected chi connectivity index (χ0v) is 13.6. The van der Waals surface area contributed by atoms with E-state index in [0.717, 1.165) is 12.0 Å². The highest BCUT2D eigenvalue weighted by Gasteiger charge is 2.32. The topological polar surface area (TPSA) is 71.3 Å². The zero-order chi connectivity index (χ0) is 17.2. The third kappa shape index (κ3) is 3.49. The molecule has 24 heavy (non-hydrogen) atoms. The van der Waals surface area contributed by atoms with Crippen molar-refractivity contribution < 1.29 is 14.3 Å². The number of amides is 1. The van der Waals surface area contributed by atoms with Gasteiger partial charge in [0.2, 0.25) is 0 Å². The first kappa shape index (κ1) is 15.9. The van der Waals surface area contributed by atoms with Gasteiger partial charge < -0.3 is 14.8 Å². The zero-order valence-electron chi connectivity index (χ0n) is 13.6. The van der Waals surface area contributed by atoms with Crippen molar-refractivity contribution in [2.24, 2.45) is 0 Å². The minimum atomic E-state index is -0.292. The average molecular weight is 322 g/mol. The summed E-state index contributed by atoms with van der Waals surface area (Å²) < 4.78 is 11.5. The number of rotatable bonds is 4. The summed E-state index contributed by atoms with van der Waals surface area (Å²) in [6.07, 6.45) is 0.812. The van der Waals surface area contributed by atoms with Crippen LogP contribution in [0.3, 0.4) is 0 Å². The molecule has 3 rings (SSSR count). The quantitative estimate of drug-likeness (QED) is 0.937. The molecule has 2 aromatic carbocycles. The van der Waals surface area contributed by atoms with Crippen molar-refractivity contribution in [3.63, 3.8) is 0 Å². The maximum absolute atomic E-state index is 12.1. The maximum Gasteiger partial charge on any atom is 0.262 e. The molecule has 5 heteroatoms. The number of nitrogens with one attached hydrogen (secondary N) is 1. The Hall–Kier alpha value is -3.00. The molecule has 0 saturated heterocycles. The van der Waals surface area contributed by atoms with Crippen LogP contribution in [0.1, 0.15) is 25.0 Å².